The monoisotopic (exact) mass is 303 g/mol. The lowest BCUT2D eigenvalue weighted by molar-refractivity contribution is -0.142. The molecular weight excluding hydrogens is 286 g/mol. The van der Waals surface area contributed by atoms with Gasteiger partial charge in [-0.15, -0.1) is 0 Å². The van der Waals surface area contributed by atoms with Gasteiger partial charge < -0.3 is 10.1 Å². The van der Waals surface area contributed by atoms with Crippen LogP contribution in [0.1, 0.15) is 17.0 Å². The van der Waals surface area contributed by atoms with Gasteiger partial charge in [0.15, 0.2) is 0 Å². The lowest BCUT2D eigenvalue weighted by Gasteiger charge is -2.17. The van der Waals surface area contributed by atoms with E-state index in [0.717, 1.165) is 16.8 Å². The molecule has 0 radical (unpaired) electrons. The van der Waals surface area contributed by atoms with E-state index in [0.29, 0.717) is 11.6 Å². The van der Waals surface area contributed by atoms with Crippen LogP contribution in [0, 0.1) is 6.92 Å². The smallest absolute Gasteiger partial charge is 0.314 e. The average Bonchev–Trinajstić information content (AvgIpc) is 2.50. The Labute approximate surface area is 129 Å². The van der Waals surface area contributed by atoms with Crippen LogP contribution < -0.4 is 5.32 Å². The summed E-state index contributed by atoms with van der Waals surface area (Å²) in [6.07, 6.45) is 0. The predicted octanol–water partition coefficient (Wildman–Crippen LogP) is 4.02. The number of carbonyl (C=O) groups excluding carboxylic acids is 1. The van der Waals surface area contributed by atoms with E-state index in [4.69, 9.17) is 16.3 Å². The summed E-state index contributed by atoms with van der Waals surface area (Å²) in [6, 6.07) is 15.3. The fourth-order valence-corrected chi connectivity index (χ4v) is 2.44. The first-order valence-corrected chi connectivity index (χ1v) is 7.12. The van der Waals surface area contributed by atoms with Crippen LogP contribution in [-0.2, 0) is 9.53 Å². The van der Waals surface area contributed by atoms with E-state index < -0.39 is 0 Å². The van der Waals surface area contributed by atoms with Gasteiger partial charge in [0.05, 0.1) is 23.7 Å². The van der Waals surface area contributed by atoms with Gasteiger partial charge >= 0.3 is 5.97 Å². The minimum atomic E-state index is -0.367. The summed E-state index contributed by atoms with van der Waals surface area (Å²) in [5.41, 5.74) is 2.82. The predicted molar refractivity (Wildman–Crippen MR) is 85.9 cm³/mol. The summed E-state index contributed by atoms with van der Waals surface area (Å²) in [5, 5.41) is 3.87. The zero-order valence-electron chi connectivity index (χ0n) is 12.1. The molecule has 110 valence electrons. The quantitative estimate of drug-likeness (QED) is 0.848. The molecule has 0 aliphatic heterocycles. The van der Waals surface area contributed by atoms with Crippen LogP contribution in [-0.4, -0.2) is 19.6 Å². The van der Waals surface area contributed by atoms with Crippen molar-refractivity contribution in [1.82, 2.24) is 0 Å². The van der Waals surface area contributed by atoms with Crippen LogP contribution in [0.25, 0.3) is 0 Å². The molecule has 0 aliphatic rings. The third-order valence-electron chi connectivity index (χ3n) is 3.31. The maximum Gasteiger partial charge on any atom is 0.314 e. The van der Waals surface area contributed by atoms with E-state index in [1.165, 1.54) is 7.11 Å². The largest absolute Gasteiger partial charge is 0.468 e. The van der Waals surface area contributed by atoms with Crippen molar-refractivity contribution < 1.29 is 9.53 Å². The molecule has 1 atom stereocenters. The molecule has 4 heteroatoms. The maximum atomic E-state index is 12.0. The SMILES string of the molecule is COC(=O)C(CNc1ccc(C)cc1Cl)c1ccccc1. The fraction of sp³-hybridized carbons (Fsp3) is 0.235. The number of methoxy groups -OCH3 is 1. The highest BCUT2D eigenvalue weighted by atomic mass is 35.5. The molecule has 0 aliphatic carbocycles. The Hall–Kier alpha value is -2.00. The second-order valence-corrected chi connectivity index (χ2v) is 5.26. The Morgan fingerprint density at radius 1 is 1.24 bits per heavy atom. The number of hydrogen-bond donors (Lipinski definition) is 1. The van der Waals surface area contributed by atoms with Crippen LogP contribution in [0.5, 0.6) is 0 Å². The molecule has 3 nitrogen and oxygen atoms in total. The summed E-state index contributed by atoms with van der Waals surface area (Å²) < 4.78 is 4.89. The van der Waals surface area contributed by atoms with E-state index in [9.17, 15) is 4.79 Å². The Morgan fingerprint density at radius 2 is 1.95 bits per heavy atom. The van der Waals surface area contributed by atoms with Gasteiger partial charge in [-0.1, -0.05) is 48.0 Å². The maximum absolute atomic E-state index is 12.0. The Bertz CT molecular complexity index is 613. The van der Waals surface area contributed by atoms with Crippen molar-refractivity contribution in [3.8, 4) is 0 Å². The number of ether oxygens (including phenoxy) is 1. The lowest BCUT2D eigenvalue weighted by Crippen LogP contribution is -2.22. The van der Waals surface area contributed by atoms with E-state index in [1.807, 2.05) is 55.5 Å². The molecule has 21 heavy (non-hydrogen) atoms. The van der Waals surface area contributed by atoms with Crippen LogP contribution in [0.15, 0.2) is 48.5 Å². The highest BCUT2D eigenvalue weighted by molar-refractivity contribution is 6.33. The van der Waals surface area contributed by atoms with E-state index in [1.54, 1.807) is 0 Å². The number of nitrogens with one attached hydrogen (secondary N) is 1. The first kappa shape index (κ1) is 15.4. The zero-order valence-corrected chi connectivity index (χ0v) is 12.9. The average molecular weight is 304 g/mol. The Morgan fingerprint density at radius 3 is 2.57 bits per heavy atom. The normalized spacial score (nSPS) is 11.8. The van der Waals surface area contributed by atoms with Crippen LogP contribution in [0.2, 0.25) is 5.02 Å². The number of hydrogen-bond acceptors (Lipinski definition) is 3. The summed E-state index contributed by atoms with van der Waals surface area (Å²) in [5.74, 6) is -0.634. The van der Waals surface area contributed by atoms with Gasteiger partial charge in [0.25, 0.3) is 0 Å². The Kier molecular flexibility index (Phi) is 5.23. The topological polar surface area (TPSA) is 38.3 Å². The molecule has 0 amide bonds. The number of benzene rings is 2. The molecule has 0 aromatic heterocycles. The highest BCUT2D eigenvalue weighted by Gasteiger charge is 2.21. The number of carbonyl (C=O) groups is 1. The number of halogens is 1. The first-order chi connectivity index (χ1) is 10.1. The summed E-state index contributed by atoms with van der Waals surface area (Å²) in [4.78, 5) is 12.0. The van der Waals surface area contributed by atoms with Gasteiger partial charge in [0.1, 0.15) is 0 Å². The fourth-order valence-electron chi connectivity index (χ4n) is 2.14. The molecule has 2 aromatic rings. The third-order valence-corrected chi connectivity index (χ3v) is 3.62. The van der Waals surface area contributed by atoms with E-state index in [-0.39, 0.29) is 11.9 Å². The summed E-state index contributed by atoms with van der Waals surface area (Å²) in [7, 11) is 1.40. The van der Waals surface area contributed by atoms with Crippen molar-refractivity contribution in [2.75, 3.05) is 19.0 Å². The highest BCUT2D eigenvalue weighted by Crippen LogP contribution is 2.25. The molecular formula is C17H18ClNO2. The molecule has 0 bridgehead atoms. The van der Waals surface area contributed by atoms with Crippen molar-refractivity contribution in [3.63, 3.8) is 0 Å². The summed E-state index contributed by atoms with van der Waals surface area (Å²) in [6.45, 7) is 2.41. The van der Waals surface area contributed by atoms with Gasteiger partial charge in [0, 0.05) is 6.54 Å². The molecule has 0 heterocycles. The molecule has 0 saturated heterocycles. The van der Waals surface area contributed by atoms with Crippen LogP contribution >= 0.6 is 11.6 Å². The number of aryl methyl sites for hydroxylation is 1. The van der Waals surface area contributed by atoms with Gasteiger partial charge in [0.2, 0.25) is 0 Å². The van der Waals surface area contributed by atoms with E-state index >= 15 is 0 Å². The minimum absolute atomic E-state index is 0.267. The molecule has 1 N–H and O–H groups in total. The lowest BCUT2D eigenvalue weighted by atomic mass is 9.99. The molecule has 1 unspecified atom stereocenters. The molecule has 2 aromatic carbocycles. The van der Waals surface area contributed by atoms with Crippen molar-refractivity contribution in [1.29, 1.82) is 0 Å². The van der Waals surface area contributed by atoms with Crippen LogP contribution in [0.3, 0.4) is 0 Å². The molecule has 0 fully saturated rings. The van der Waals surface area contributed by atoms with Crippen molar-refractivity contribution in [2.24, 2.45) is 0 Å². The zero-order chi connectivity index (χ0) is 15.2. The number of rotatable bonds is 5. The van der Waals surface area contributed by atoms with Crippen molar-refractivity contribution >= 4 is 23.3 Å². The number of anilines is 1. The minimum Gasteiger partial charge on any atom is -0.468 e. The van der Waals surface area contributed by atoms with Crippen molar-refractivity contribution in [3.05, 3.63) is 64.7 Å². The Balaban J connectivity index is 2.15. The van der Waals surface area contributed by atoms with Gasteiger partial charge in [-0.3, -0.25) is 4.79 Å². The summed E-state index contributed by atoms with van der Waals surface area (Å²) >= 11 is 6.19. The van der Waals surface area contributed by atoms with Gasteiger partial charge in [-0.2, -0.15) is 0 Å². The first-order valence-electron chi connectivity index (χ1n) is 6.74. The standard InChI is InChI=1S/C17H18ClNO2/c1-12-8-9-16(15(18)10-12)19-11-14(17(20)21-2)13-6-4-3-5-7-13/h3-10,14,19H,11H2,1-2H3. The van der Waals surface area contributed by atoms with E-state index in [2.05, 4.69) is 5.32 Å². The molecule has 2 rings (SSSR count). The van der Waals surface area contributed by atoms with Gasteiger partial charge in [-0.25, -0.2) is 0 Å². The molecule has 0 saturated carbocycles. The molecule has 0 spiro atoms. The second kappa shape index (κ2) is 7.14. The van der Waals surface area contributed by atoms with Gasteiger partial charge in [-0.05, 0) is 30.2 Å². The second-order valence-electron chi connectivity index (χ2n) is 4.85. The van der Waals surface area contributed by atoms with Crippen molar-refractivity contribution in [2.45, 2.75) is 12.8 Å². The number of esters is 1. The third kappa shape index (κ3) is 3.99. The van der Waals surface area contributed by atoms with Crippen LogP contribution in [0.4, 0.5) is 5.69 Å².